The van der Waals surface area contributed by atoms with Crippen molar-refractivity contribution in [2.45, 2.75) is 32.7 Å². The molecule has 0 fully saturated rings. The molecule has 0 aliphatic carbocycles. The fourth-order valence-electron chi connectivity index (χ4n) is 2.83. The van der Waals surface area contributed by atoms with Gasteiger partial charge in [-0.3, -0.25) is 4.79 Å². The van der Waals surface area contributed by atoms with E-state index in [1.807, 2.05) is 48.2 Å². The van der Waals surface area contributed by atoms with Crippen LogP contribution in [0.4, 0.5) is 5.69 Å². The molecule has 2 aromatic rings. The Kier molecular flexibility index (Phi) is 3.31. The number of fused-ring (bicyclic) bond motifs is 1. The molecular weight excluding hydrogens is 246 g/mol. The maximum atomic E-state index is 12.8. The number of hydrogen-bond donors (Lipinski definition) is 0. The minimum absolute atomic E-state index is 0.102. The van der Waals surface area contributed by atoms with Crippen LogP contribution < -0.4 is 4.90 Å². The molecule has 0 spiro atoms. The van der Waals surface area contributed by atoms with Crippen molar-refractivity contribution in [1.82, 2.24) is 0 Å². The lowest BCUT2D eigenvalue weighted by Gasteiger charge is -2.35. The van der Waals surface area contributed by atoms with Crippen LogP contribution in [0.2, 0.25) is 0 Å². The van der Waals surface area contributed by atoms with Crippen LogP contribution in [0.3, 0.4) is 0 Å². The second-order valence-corrected chi connectivity index (χ2v) is 5.56. The van der Waals surface area contributed by atoms with Gasteiger partial charge >= 0.3 is 0 Å². The third kappa shape index (κ3) is 2.22. The van der Waals surface area contributed by atoms with Crippen LogP contribution in [-0.4, -0.2) is 11.9 Å². The number of anilines is 1. The van der Waals surface area contributed by atoms with E-state index in [0.29, 0.717) is 0 Å². The number of hydrogen-bond acceptors (Lipinski definition) is 1. The van der Waals surface area contributed by atoms with Crippen molar-refractivity contribution in [3.8, 4) is 0 Å². The molecule has 0 aromatic heterocycles. The van der Waals surface area contributed by atoms with Gasteiger partial charge in [0.25, 0.3) is 5.91 Å². The summed E-state index contributed by atoms with van der Waals surface area (Å²) >= 11 is 0. The minimum Gasteiger partial charge on any atom is -0.305 e. The molecule has 0 saturated carbocycles. The van der Waals surface area contributed by atoms with Crippen LogP contribution in [-0.2, 0) is 6.42 Å². The van der Waals surface area contributed by atoms with Gasteiger partial charge in [-0.15, -0.1) is 0 Å². The summed E-state index contributed by atoms with van der Waals surface area (Å²) in [6, 6.07) is 16.3. The predicted molar refractivity (Wildman–Crippen MR) is 82.2 cm³/mol. The standard InChI is InChI=1S/C18H19NO/c1-13-7-10-16(11-8-13)18(20)19-14(2)9-12-15-5-3-4-6-17(15)19/h3-8,10-11,14H,9,12H2,1-2H3. The topological polar surface area (TPSA) is 20.3 Å². The highest BCUT2D eigenvalue weighted by atomic mass is 16.2. The number of carbonyl (C=O) groups is 1. The Hall–Kier alpha value is -2.09. The molecular formula is C18H19NO. The zero-order valence-corrected chi connectivity index (χ0v) is 12.0. The third-order valence-corrected chi connectivity index (χ3v) is 4.04. The molecule has 102 valence electrons. The first-order valence-electron chi connectivity index (χ1n) is 7.15. The maximum Gasteiger partial charge on any atom is 0.258 e. The monoisotopic (exact) mass is 265 g/mol. The SMILES string of the molecule is Cc1ccc(C(=O)N2c3ccccc3CCC2C)cc1. The van der Waals surface area contributed by atoms with Gasteiger partial charge in [0.05, 0.1) is 0 Å². The van der Waals surface area contributed by atoms with Crippen LogP contribution in [0.25, 0.3) is 0 Å². The van der Waals surface area contributed by atoms with E-state index in [0.717, 1.165) is 24.1 Å². The number of amides is 1. The van der Waals surface area contributed by atoms with Crippen molar-refractivity contribution < 1.29 is 4.79 Å². The van der Waals surface area contributed by atoms with Gasteiger partial charge in [0.15, 0.2) is 0 Å². The second kappa shape index (κ2) is 5.12. The molecule has 1 unspecified atom stereocenters. The number of nitrogens with zero attached hydrogens (tertiary/aromatic N) is 1. The van der Waals surface area contributed by atoms with E-state index in [4.69, 9.17) is 0 Å². The lowest BCUT2D eigenvalue weighted by atomic mass is 9.95. The van der Waals surface area contributed by atoms with Crippen molar-refractivity contribution in [1.29, 1.82) is 0 Å². The average molecular weight is 265 g/mol. The highest BCUT2D eigenvalue weighted by molar-refractivity contribution is 6.07. The minimum atomic E-state index is 0.102. The van der Waals surface area contributed by atoms with E-state index in [1.165, 1.54) is 11.1 Å². The van der Waals surface area contributed by atoms with Crippen LogP contribution >= 0.6 is 0 Å². The van der Waals surface area contributed by atoms with Gasteiger partial charge in [-0.2, -0.15) is 0 Å². The summed E-state index contributed by atoms with van der Waals surface area (Å²) < 4.78 is 0. The van der Waals surface area contributed by atoms with Crippen molar-refractivity contribution in [3.05, 3.63) is 65.2 Å². The van der Waals surface area contributed by atoms with E-state index < -0.39 is 0 Å². The normalized spacial score (nSPS) is 17.7. The Balaban J connectivity index is 2.00. The molecule has 0 N–H and O–H groups in total. The first-order valence-corrected chi connectivity index (χ1v) is 7.15. The first kappa shape index (κ1) is 12.9. The van der Waals surface area contributed by atoms with Crippen molar-refractivity contribution in [2.75, 3.05) is 4.90 Å². The van der Waals surface area contributed by atoms with E-state index in [-0.39, 0.29) is 11.9 Å². The number of aryl methyl sites for hydroxylation is 2. The van der Waals surface area contributed by atoms with Crippen LogP contribution in [0.15, 0.2) is 48.5 Å². The van der Waals surface area contributed by atoms with Crippen molar-refractivity contribution >= 4 is 11.6 Å². The molecule has 1 heterocycles. The fraction of sp³-hybridized carbons (Fsp3) is 0.278. The molecule has 1 atom stereocenters. The summed E-state index contributed by atoms with van der Waals surface area (Å²) in [6.07, 6.45) is 2.07. The molecule has 0 bridgehead atoms. The van der Waals surface area contributed by atoms with Gasteiger partial charge < -0.3 is 4.90 Å². The second-order valence-electron chi connectivity index (χ2n) is 5.56. The Morgan fingerprint density at radius 3 is 2.55 bits per heavy atom. The Morgan fingerprint density at radius 1 is 1.10 bits per heavy atom. The summed E-state index contributed by atoms with van der Waals surface area (Å²) in [5.41, 5.74) is 4.27. The average Bonchev–Trinajstić information content (AvgIpc) is 2.47. The lowest BCUT2D eigenvalue weighted by Crippen LogP contribution is -2.42. The fourth-order valence-corrected chi connectivity index (χ4v) is 2.83. The molecule has 1 amide bonds. The summed E-state index contributed by atoms with van der Waals surface area (Å²) in [6.45, 7) is 4.16. The highest BCUT2D eigenvalue weighted by Crippen LogP contribution is 2.31. The molecule has 20 heavy (non-hydrogen) atoms. The van der Waals surface area contributed by atoms with Gasteiger partial charge in [0.1, 0.15) is 0 Å². The van der Waals surface area contributed by atoms with E-state index in [2.05, 4.69) is 19.1 Å². The van der Waals surface area contributed by atoms with Gasteiger partial charge in [-0.25, -0.2) is 0 Å². The predicted octanol–water partition coefficient (Wildman–Crippen LogP) is 3.98. The molecule has 2 heteroatoms. The number of rotatable bonds is 1. The van der Waals surface area contributed by atoms with Crippen molar-refractivity contribution in [2.24, 2.45) is 0 Å². The van der Waals surface area contributed by atoms with E-state index in [9.17, 15) is 4.79 Å². The Bertz CT molecular complexity index is 630. The lowest BCUT2D eigenvalue weighted by molar-refractivity contribution is 0.0975. The molecule has 0 radical (unpaired) electrons. The van der Waals surface area contributed by atoms with Gasteiger partial charge in [-0.05, 0) is 50.5 Å². The third-order valence-electron chi connectivity index (χ3n) is 4.04. The Morgan fingerprint density at radius 2 is 1.80 bits per heavy atom. The molecule has 0 saturated heterocycles. The summed E-state index contributed by atoms with van der Waals surface area (Å²) in [7, 11) is 0. The number of para-hydroxylation sites is 1. The van der Waals surface area contributed by atoms with Gasteiger partial charge in [0, 0.05) is 17.3 Å². The summed E-state index contributed by atoms with van der Waals surface area (Å²) in [5, 5.41) is 0. The smallest absolute Gasteiger partial charge is 0.258 e. The summed E-state index contributed by atoms with van der Waals surface area (Å²) in [4.78, 5) is 14.8. The van der Waals surface area contributed by atoms with Crippen molar-refractivity contribution in [3.63, 3.8) is 0 Å². The molecule has 3 rings (SSSR count). The van der Waals surface area contributed by atoms with Crippen LogP contribution in [0.5, 0.6) is 0 Å². The molecule has 2 aromatic carbocycles. The number of benzene rings is 2. The van der Waals surface area contributed by atoms with Crippen LogP contribution in [0, 0.1) is 6.92 Å². The Labute approximate surface area is 120 Å². The molecule has 1 aliphatic heterocycles. The zero-order chi connectivity index (χ0) is 14.1. The largest absolute Gasteiger partial charge is 0.305 e. The highest BCUT2D eigenvalue weighted by Gasteiger charge is 2.28. The first-order chi connectivity index (χ1) is 9.66. The molecule has 1 aliphatic rings. The maximum absolute atomic E-state index is 12.8. The zero-order valence-electron chi connectivity index (χ0n) is 12.0. The van der Waals surface area contributed by atoms with E-state index in [1.54, 1.807) is 0 Å². The molecule has 2 nitrogen and oxygen atoms in total. The van der Waals surface area contributed by atoms with Gasteiger partial charge in [-0.1, -0.05) is 35.9 Å². The summed E-state index contributed by atoms with van der Waals surface area (Å²) in [5.74, 6) is 0.102. The van der Waals surface area contributed by atoms with Gasteiger partial charge in [0.2, 0.25) is 0 Å². The quantitative estimate of drug-likeness (QED) is 0.764. The van der Waals surface area contributed by atoms with Crippen LogP contribution in [0.1, 0.15) is 34.8 Å². The van der Waals surface area contributed by atoms with E-state index >= 15 is 0 Å². The number of carbonyl (C=O) groups excluding carboxylic acids is 1.